The van der Waals surface area contributed by atoms with Gasteiger partial charge in [-0.2, -0.15) is 0 Å². The van der Waals surface area contributed by atoms with Crippen molar-refractivity contribution in [3.05, 3.63) is 69.8 Å². The van der Waals surface area contributed by atoms with Crippen LogP contribution in [0.15, 0.2) is 53.7 Å². The maximum atomic E-state index is 11.2. The summed E-state index contributed by atoms with van der Waals surface area (Å²) in [5.41, 5.74) is 6.28. The Kier molecular flexibility index (Phi) is 4.47. The van der Waals surface area contributed by atoms with Crippen LogP contribution in [-0.4, -0.2) is 16.5 Å². The zero-order chi connectivity index (χ0) is 16.1. The van der Waals surface area contributed by atoms with E-state index in [0.29, 0.717) is 5.71 Å². The molecule has 112 valence electrons. The van der Waals surface area contributed by atoms with Crippen molar-refractivity contribution in [2.75, 3.05) is 0 Å². The van der Waals surface area contributed by atoms with Crippen molar-refractivity contribution in [2.45, 2.75) is 6.92 Å². The lowest BCUT2D eigenvalue weighted by atomic mass is 10.1. The quantitative estimate of drug-likeness (QED) is 0.519. The summed E-state index contributed by atoms with van der Waals surface area (Å²) in [6.07, 6.45) is 0. The lowest BCUT2D eigenvalue weighted by molar-refractivity contribution is -0.385. The number of nitro benzene ring substituents is 1. The van der Waals surface area contributed by atoms with Crippen molar-refractivity contribution in [1.29, 1.82) is 0 Å². The number of nitro groups is 1. The van der Waals surface area contributed by atoms with Gasteiger partial charge in [0.25, 0.3) is 5.69 Å². The summed E-state index contributed by atoms with van der Waals surface area (Å²) < 4.78 is 0. The molecular weight excluding hydrogens is 286 g/mol. The third-order valence-corrected chi connectivity index (χ3v) is 2.87. The van der Waals surface area contributed by atoms with E-state index in [1.807, 2.05) is 30.3 Å². The van der Waals surface area contributed by atoms with Crippen LogP contribution >= 0.6 is 0 Å². The second-order valence-corrected chi connectivity index (χ2v) is 4.47. The summed E-state index contributed by atoms with van der Waals surface area (Å²) in [5.74, 6) is -0.712. The Morgan fingerprint density at radius 3 is 2.45 bits per heavy atom. The molecule has 2 aromatic rings. The molecule has 0 aliphatic carbocycles. The lowest BCUT2D eigenvalue weighted by Crippen LogP contribution is -2.11. The van der Waals surface area contributed by atoms with Crippen LogP contribution in [0.1, 0.15) is 22.8 Å². The first-order valence-corrected chi connectivity index (χ1v) is 6.33. The van der Waals surface area contributed by atoms with E-state index in [1.54, 1.807) is 6.92 Å². The summed E-state index contributed by atoms with van der Waals surface area (Å²) in [4.78, 5) is 26.6. The van der Waals surface area contributed by atoms with Gasteiger partial charge in [-0.3, -0.25) is 14.9 Å². The van der Waals surface area contributed by atoms with Gasteiger partial charge in [-0.15, -0.1) is 0 Å². The van der Waals surface area contributed by atoms with E-state index in [2.05, 4.69) is 5.16 Å². The molecule has 22 heavy (non-hydrogen) atoms. The van der Waals surface area contributed by atoms with Crippen molar-refractivity contribution >= 4 is 17.3 Å². The van der Waals surface area contributed by atoms with Crippen molar-refractivity contribution < 1.29 is 14.6 Å². The number of non-ortho nitro benzene ring substituents is 1. The molecule has 2 N–H and O–H groups in total. The van der Waals surface area contributed by atoms with Crippen LogP contribution in [0.3, 0.4) is 0 Å². The molecule has 0 spiro atoms. The van der Waals surface area contributed by atoms with Gasteiger partial charge in [0.1, 0.15) is 0 Å². The second-order valence-electron chi connectivity index (χ2n) is 4.47. The summed E-state index contributed by atoms with van der Waals surface area (Å²) in [6, 6.07) is 12.8. The fraction of sp³-hybridized carbons (Fsp3) is 0.0667. The van der Waals surface area contributed by atoms with Gasteiger partial charge in [-0.1, -0.05) is 35.5 Å². The number of carbonyl (C=O) groups excluding carboxylic acids is 1. The van der Waals surface area contributed by atoms with Crippen LogP contribution in [0.4, 0.5) is 5.69 Å². The number of hydrogen-bond donors (Lipinski definition) is 1. The first-order valence-electron chi connectivity index (χ1n) is 6.33. The Morgan fingerprint density at radius 1 is 1.18 bits per heavy atom. The summed E-state index contributed by atoms with van der Waals surface area (Å²) in [6.45, 7) is 1.74. The van der Waals surface area contributed by atoms with Gasteiger partial charge in [0, 0.05) is 11.6 Å². The molecule has 2 aromatic carbocycles. The highest BCUT2D eigenvalue weighted by atomic mass is 16.6. The summed E-state index contributed by atoms with van der Waals surface area (Å²) in [7, 11) is 0. The summed E-state index contributed by atoms with van der Waals surface area (Å²) in [5, 5.41) is 14.8. The maximum Gasteiger partial charge on any atom is 0.274 e. The minimum absolute atomic E-state index is 0.0169. The molecule has 0 aliphatic rings. The van der Waals surface area contributed by atoms with Crippen LogP contribution in [0.5, 0.6) is 5.75 Å². The SMILES string of the molecule is CC(=NOc1cc(C(N)=O)cc([N+](=O)[O-])c1)c1ccccc1. The molecule has 1 amide bonds. The first kappa shape index (κ1) is 15.2. The smallest absolute Gasteiger partial charge is 0.274 e. The van der Waals surface area contributed by atoms with E-state index in [-0.39, 0.29) is 17.0 Å². The van der Waals surface area contributed by atoms with Gasteiger partial charge in [-0.25, -0.2) is 0 Å². The second kappa shape index (κ2) is 6.49. The Labute approximate surface area is 126 Å². The highest BCUT2D eigenvalue weighted by molar-refractivity contribution is 5.98. The highest BCUT2D eigenvalue weighted by Crippen LogP contribution is 2.23. The first-order chi connectivity index (χ1) is 10.5. The van der Waals surface area contributed by atoms with Crippen molar-refractivity contribution in [1.82, 2.24) is 0 Å². The fourth-order valence-electron chi connectivity index (χ4n) is 1.74. The molecule has 2 rings (SSSR count). The molecule has 0 unspecified atom stereocenters. The maximum absolute atomic E-state index is 11.2. The Morgan fingerprint density at radius 2 is 1.86 bits per heavy atom. The Bertz CT molecular complexity index is 709. The molecule has 7 nitrogen and oxygen atoms in total. The van der Waals surface area contributed by atoms with Crippen LogP contribution in [0.25, 0.3) is 0 Å². The molecule has 0 radical (unpaired) electrons. The van der Waals surface area contributed by atoms with E-state index in [0.717, 1.165) is 11.6 Å². The molecule has 0 heterocycles. The minimum Gasteiger partial charge on any atom is -0.366 e. The number of carbonyl (C=O) groups is 1. The number of benzene rings is 2. The van der Waals surface area contributed by atoms with Crippen LogP contribution in [0.2, 0.25) is 0 Å². The van der Waals surface area contributed by atoms with Crippen molar-refractivity contribution in [3.8, 4) is 5.75 Å². The van der Waals surface area contributed by atoms with Gasteiger partial charge >= 0.3 is 0 Å². The molecule has 0 atom stereocenters. The monoisotopic (exact) mass is 299 g/mol. The number of hydrogen-bond acceptors (Lipinski definition) is 5. The molecule has 0 aromatic heterocycles. The average Bonchev–Trinajstić information content (AvgIpc) is 2.53. The number of amides is 1. The summed E-state index contributed by atoms with van der Waals surface area (Å²) >= 11 is 0. The van der Waals surface area contributed by atoms with Gasteiger partial charge in [0.2, 0.25) is 5.91 Å². The molecule has 0 saturated heterocycles. The molecule has 7 heteroatoms. The number of oxime groups is 1. The Hall–Kier alpha value is -3.22. The van der Waals surface area contributed by atoms with Gasteiger partial charge in [0.05, 0.1) is 16.7 Å². The van der Waals surface area contributed by atoms with Crippen LogP contribution in [-0.2, 0) is 0 Å². The molecule has 0 fully saturated rings. The van der Waals surface area contributed by atoms with Gasteiger partial charge in [0.15, 0.2) is 5.75 Å². The molecular formula is C15H13N3O4. The molecule has 0 saturated carbocycles. The average molecular weight is 299 g/mol. The molecule has 0 bridgehead atoms. The third-order valence-electron chi connectivity index (χ3n) is 2.87. The van der Waals surface area contributed by atoms with E-state index < -0.39 is 10.8 Å². The highest BCUT2D eigenvalue weighted by Gasteiger charge is 2.13. The van der Waals surface area contributed by atoms with Crippen molar-refractivity contribution in [3.63, 3.8) is 0 Å². The van der Waals surface area contributed by atoms with Crippen LogP contribution in [0, 0.1) is 10.1 Å². The standard InChI is InChI=1S/C15H13N3O4/c1-10(11-5-3-2-4-6-11)17-22-14-8-12(15(16)19)7-13(9-14)18(20)21/h2-9H,1H3,(H2,16,19). The minimum atomic E-state index is -0.780. The predicted octanol–water partition coefficient (Wildman–Crippen LogP) is 2.50. The largest absolute Gasteiger partial charge is 0.366 e. The van der Waals surface area contributed by atoms with E-state index in [1.165, 1.54) is 12.1 Å². The molecule has 0 aliphatic heterocycles. The number of nitrogens with zero attached hydrogens (tertiary/aromatic N) is 2. The number of nitrogens with two attached hydrogens (primary N) is 1. The predicted molar refractivity (Wildman–Crippen MR) is 80.9 cm³/mol. The normalized spacial score (nSPS) is 11.0. The number of rotatable bonds is 5. The van der Waals surface area contributed by atoms with E-state index in [4.69, 9.17) is 10.6 Å². The topological polar surface area (TPSA) is 108 Å². The van der Waals surface area contributed by atoms with Crippen LogP contribution < -0.4 is 10.6 Å². The zero-order valence-corrected chi connectivity index (χ0v) is 11.7. The Balaban J connectivity index is 2.29. The zero-order valence-electron chi connectivity index (χ0n) is 11.7. The van der Waals surface area contributed by atoms with Crippen molar-refractivity contribution in [2.24, 2.45) is 10.9 Å². The van der Waals surface area contributed by atoms with E-state index >= 15 is 0 Å². The lowest BCUT2D eigenvalue weighted by Gasteiger charge is -2.04. The number of primary amides is 1. The van der Waals surface area contributed by atoms with Gasteiger partial charge in [-0.05, 0) is 18.6 Å². The van der Waals surface area contributed by atoms with E-state index in [9.17, 15) is 14.9 Å². The van der Waals surface area contributed by atoms with Gasteiger partial charge < -0.3 is 10.6 Å². The third kappa shape index (κ3) is 3.66. The fourth-order valence-corrected chi connectivity index (χ4v) is 1.74.